The molecule has 1 saturated heterocycles. The molecule has 43 heavy (non-hydrogen) atoms. The van der Waals surface area contributed by atoms with E-state index in [0.717, 1.165) is 19.1 Å². The van der Waals surface area contributed by atoms with E-state index in [4.69, 9.17) is 25.8 Å². The average molecular weight is 630 g/mol. The van der Waals surface area contributed by atoms with Crippen molar-refractivity contribution in [1.82, 2.24) is 9.80 Å². The van der Waals surface area contributed by atoms with E-state index in [2.05, 4.69) is 23.2 Å². The molecule has 1 aromatic rings. The molecule has 0 spiro atoms. The normalized spacial score (nSPS) is 15.4. The lowest BCUT2D eigenvalue weighted by Gasteiger charge is -2.27. The van der Waals surface area contributed by atoms with E-state index >= 15 is 0 Å². The van der Waals surface area contributed by atoms with E-state index in [9.17, 15) is 22.8 Å². The van der Waals surface area contributed by atoms with Crippen LogP contribution in [0, 0.1) is 0 Å². The minimum Gasteiger partial charge on any atom is -0.467 e. The van der Waals surface area contributed by atoms with Crippen molar-refractivity contribution in [3.63, 3.8) is 0 Å². The molecule has 14 heteroatoms. The summed E-state index contributed by atoms with van der Waals surface area (Å²) in [5.74, 6) is -0.298. The summed E-state index contributed by atoms with van der Waals surface area (Å²) >= 11 is 1.76. The fourth-order valence-electron chi connectivity index (χ4n) is 3.79. The Hall–Kier alpha value is -3.75. The zero-order valence-corrected chi connectivity index (χ0v) is 26.1. The minimum absolute atomic E-state index is 0.0136. The number of allylic oxidation sites excluding steroid dienone is 2. The number of nitrogens with two attached hydrogens (primary N) is 2. The molecule has 1 aliphatic heterocycles. The number of ether oxygens (including phenoxy) is 1. The molecule has 0 bridgehead atoms. The van der Waals surface area contributed by atoms with Crippen molar-refractivity contribution in [3.05, 3.63) is 58.1 Å². The highest BCUT2D eigenvalue weighted by Crippen LogP contribution is 2.36. The largest absolute Gasteiger partial charge is 0.467 e. The van der Waals surface area contributed by atoms with Crippen LogP contribution < -0.4 is 11.5 Å². The predicted molar refractivity (Wildman–Crippen MR) is 167 cm³/mol. The van der Waals surface area contributed by atoms with Crippen molar-refractivity contribution in [2.45, 2.75) is 44.9 Å². The summed E-state index contributed by atoms with van der Waals surface area (Å²) in [4.78, 5) is 48.8. The van der Waals surface area contributed by atoms with Gasteiger partial charge >= 0.3 is 12.1 Å². The van der Waals surface area contributed by atoms with Gasteiger partial charge in [-0.2, -0.15) is 13.2 Å². The first-order valence-electron chi connectivity index (χ1n) is 12.6. The lowest BCUT2D eigenvalue weighted by Crippen LogP contribution is -2.47. The highest BCUT2D eigenvalue weighted by molar-refractivity contribution is 8.02. The van der Waals surface area contributed by atoms with Crippen LogP contribution in [0.1, 0.15) is 42.5 Å². The molecule has 1 aliphatic rings. The number of thioether (sulfide) groups is 1. The number of benzene rings is 1. The maximum atomic E-state index is 13.8. The average Bonchev–Trinajstić information content (AvgIpc) is 3.29. The summed E-state index contributed by atoms with van der Waals surface area (Å²) in [5, 5.41) is 0. The Labute approximate surface area is 255 Å². The smallest absolute Gasteiger partial charge is 0.416 e. The van der Waals surface area contributed by atoms with Crippen molar-refractivity contribution in [3.8, 4) is 0 Å². The van der Waals surface area contributed by atoms with Gasteiger partial charge in [0, 0.05) is 41.2 Å². The zero-order valence-electron chi connectivity index (χ0n) is 25.3. The number of likely N-dealkylation sites (tertiary alicyclic amines) is 1. The zero-order chi connectivity index (χ0) is 33.9. The van der Waals surface area contributed by atoms with Crippen LogP contribution in [0.2, 0.25) is 0 Å². The van der Waals surface area contributed by atoms with Gasteiger partial charge in [-0.25, -0.2) is 4.79 Å². The fraction of sp³-hybridized carbons (Fsp3) is 0.414. The Balaban J connectivity index is 0. The predicted octanol–water partition coefficient (Wildman–Crippen LogP) is 3.74. The van der Waals surface area contributed by atoms with E-state index in [1.165, 1.54) is 15.9 Å². The van der Waals surface area contributed by atoms with E-state index in [1.807, 2.05) is 34.6 Å². The molecule has 2 atom stereocenters. The van der Waals surface area contributed by atoms with Gasteiger partial charge < -0.3 is 30.7 Å². The lowest BCUT2D eigenvalue weighted by atomic mass is 9.92. The molecule has 4 N–H and O–H groups in total. The van der Waals surface area contributed by atoms with Gasteiger partial charge in [0.15, 0.2) is 0 Å². The van der Waals surface area contributed by atoms with Crippen LogP contribution in [0.5, 0.6) is 0 Å². The van der Waals surface area contributed by atoms with Gasteiger partial charge in [-0.3, -0.25) is 14.7 Å². The number of esters is 1. The van der Waals surface area contributed by atoms with Crippen LogP contribution in [0.15, 0.2) is 40.9 Å². The monoisotopic (exact) mass is 629 g/mol. The number of aliphatic imine (C=N–C) groups is 1. The standard InChI is InChI=1S/C20H24F3N3O3.C7H14N2S.2CH2O/c1-4-5-12-8-13(15(20(21,22)23)10-14(12)11(2)24)9-17(19(28)29-3)26-7-6-16(25)18(26)27;1-7(5-8-2)10-6-9(3)4;2*1-2/h4-5,8,10,16-17H,2,6-7,9,24-25H2,1,3H3;5H,2,6H2,1,3-4H3;2*1H2/b5-4-;7-5-;;. The van der Waals surface area contributed by atoms with Crippen molar-refractivity contribution in [2.75, 3.05) is 33.6 Å². The van der Waals surface area contributed by atoms with E-state index in [0.29, 0.717) is 12.0 Å². The number of nitrogens with zero attached hydrogens (tertiary/aromatic N) is 3. The third-order valence-electron chi connectivity index (χ3n) is 5.64. The van der Waals surface area contributed by atoms with Gasteiger partial charge in [0.05, 0.1) is 18.7 Å². The summed E-state index contributed by atoms with van der Waals surface area (Å²) in [7, 11) is 5.20. The summed E-state index contributed by atoms with van der Waals surface area (Å²) in [5.41, 5.74) is 10.8. The Kier molecular flexibility index (Phi) is 20.2. The molecule has 2 unspecified atom stereocenters. The third kappa shape index (κ3) is 13.8. The maximum Gasteiger partial charge on any atom is 0.416 e. The highest BCUT2D eigenvalue weighted by atomic mass is 32.2. The molecule has 240 valence electrons. The van der Waals surface area contributed by atoms with Crippen LogP contribution in [-0.2, 0) is 36.5 Å². The second kappa shape index (κ2) is 21.0. The van der Waals surface area contributed by atoms with Crippen LogP contribution in [0.25, 0.3) is 11.8 Å². The number of hydrogen-bond acceptors (Lipinski definition) is 10. The molecule has 10 nitrogen and oxygen atoms in total. The van der Waals surface area contributed by atoms with Gasteiger partial charge in [-0.05, 0) is 58.3 Å². The number of rotatable bonds is 10. The minimum atomic E-state index is -4.69. The second-order valence-electron chi connectivity index (χ2n) is 9.06. The molecule has 1 fully saturated rings. The molecular formula is C29H42F3N5O5S. The van der Waals surface area contributed by atoms with E-state index in [1.54, 1.807) is 37.0 Å². The molecule has 2 rings (SSSR count). The molecule has 0 saturated carbocycles. The van der Waals surface area contributed by atoms with Gasteiger partial charge in [0.1, 0.15) is 19.6 Å². The summed E-state index contributed by atoms with van der Waals surface area (Å²) in [6, 6.07) is 0.226. The van der Waals surface area contributed by atoms with Gasteiger partial charge in [-0.15, -0.1) is 11.8 Å². The number of carbonyl (C=O) groups excluding carboxylic acids is 4. The molecule has 1 heterocycles. The number of halogens is 3. The first kappa shape index (κ1) is 41.4. The number of methoxy groups -OCH3 is 1. The highest BCUT2D eigenvalue weighted by Gasteiger charge is 2.40. The SMILES string of the molecule is C=C(N)c1cc(C(F)(F)F)c(CC(C(=O)OC)N2CCC(N)C2=O)cc1/C=C\C.C=N/C=C(/C)SCN(C)C.C=O.C=O. The van der Waals surface area contributed by atoms with Crippen LogP contribution in [0.3, 0.4) is 0 Å². The fourth-order valence-corrected chi connectivity index (χ4v) is 4.40. The Morgan fingerprint density at radius 2 is 1.86 bits per heavy atom. The second-order valence-corrected chi connectivity index (χ2v) is 10.3. The summed E-state index contributed by atoms with van der Waals surface area (Å²) in [6.45, 7) is 14.8. The molecule has 1 amide bonds. The number of amides is 1. The van der Waals surface area contributed by atoms with Crippen molar-refractivity contribution < 1.29 is 37.1 Å². The van der Waals surface area contributed by atoms with Crippen LogP contribution in [0.4, 0.5) is 13.2 Å². The van der Waals surface area contributed by atoms with Crippen LogP contribution in [-0.4, -0.2) is 87.7 Å². The molecule has 0 radical (unpaired) electrons. The summed E-state index contributed by atoms with van der Waals surface area (Å²) < 4.78 is 46.0. The number of hydrogen-bond donors (Lipinski definition) is 2. The third-order valence-corrected chi connectivity index (χ3v) is 6.85. The quantitative estimate of drug-likeness (QED) is 0.224. The summed E-state index contributed by atoms with van der Waals surface area (Å²) in [6.07, 6.45) is 0.269. The van der Waals surface area contributed by atoms with E-state index < -0.39 is 35.7 Å². The molecule has 0 aromatic heterocycles. The van der Waals surface area contributed by atoms with Crippen molar-refractivity contribution in [1.29, 1.82) is 0 Å². The van der Waals surface area contributed by atoms with Gasteiger partial charge in [0.25, 0.3) is 0 Å². The van der Waals surface area contributed by atoms with Crippen molar-refractivity contribution >= 4 is 55.7 Å². The van der Waals surface area contributed by atoms with Gasteiger partial charge in [-0.1, -0.05) is 24.8 Å². The Bertz CT molecular complexity index is 1140. The lowest BCUT2D eigenvalue weighted by molar-refractivity contribution is -0.151. The van der Waals surface area contributed by atoms with Crippen LogP contribution >= 0.6 is 11.8 Å². The number of alkyl halides is 3. The first-order chi connectivity index (χ1) is 20.2. The Morgan fingerprint density at radius 1 is 1.28 bits per heavy atom. The van der Waals surface area contributed by atoms with E-state index in [-0.39, 0.29) is 29.8 Å². The maximum absolute atomic E-state index is 13.8. The number of carbonyl (C=O) groups is 4. The molecule has 0 aliphatic carbocycles. The molecular weight excluding hydrogens is 587 g/mol. The molecule has 1 aromatic carbocycles. The van der Waals surface area contributed by atoms with Gasteiger partial charge in [0.2, 0.25) is 5.91 Å². The Morgan fingerprint density at radius 3 is 2.26 bits per heavy atom. The van der Waals surface area contributed by atoms with Crippen molar-refractivity contribution in [2.24, 2.45) is 16.5 Å². The topological polar surface area (TPSA) is 148 Å². The first-order valence-corrected chi connectivity index (χ1v) is 13.6.